The lowest BCUT2D eigenvalue weighted by atomic mass is 10.00. The quantitative estimate of drug-likeness (QED) is 0.658. The van der Waals surface area contributed by atoms with Gasteiger partial charge in [-0.15, -0.1) is 0 Å². The first-order chi connectivity index (χ1) is 9.90. The van der Waals surface area contributed by atoms with Crippen LogP contribution in [-0.2, 0) is 0 Å². The van der Waals surface area contributed by atoms with Gasteiger partial charge in [-0.25, -0.2) is 0 Å². The molecule has 0 saturated carbocycles. The van der Waals surface area contributed by atoms with Crippen LogP contribution >= 0.6 is 11.6 Å². The van der Waals surface area contributed by atoms with E-state index < -0.39 is 0 Å². The maximum atomic E-state index is 12.2. The number of rotatable bonds is 3. The second-order valence-electron chi connectivity index (χ2n) is 4.82. The van der Waals surface area contributed by atoms with Crippen molar-refractivity contribution < 1.29 is 15.0 Å². The fraction of sp³-hybridized carbons (Fsp3) is 0.118. The summed E-state index contributed by atoms with van der Waals surface area (Å²) in [7, 11) is 0. The molecule has 0 aliphatic heterocycles. The van der Waals surface area contributed by atoms with E-state index in [1.807, 2.05) is 0 Å². The van der Waals surface area contributed by atoms with E-state index in [1.54, 1.807) is 44.2 Å². The molecule has 0 spiro atoms. The van der Waals surface area contributed by atoms with E-state index in [0.29, 0.717) is 16.1 Å². The topological polar surface area (TPSA) is 57.5 Å². The molecule has 0 heterocycles. The van der Waals surface area contributed by atoms with Crippen molar-refractivity contribution in [3.63, 3.8) is 0 Å². The lowest BCUT2D eigenvalue weighted by Gasteiger charge is -2.09. The van der Waals surface area contributed by atoms with Gasteiger partial charge in [0, 0.05) is 5.02 Å². The summed E-state index contributed by atoms with van der Waals surface area (Å²) in [6, 6.07) is 8.02. The number of phenolic OH excluding ortho intramolecular Hbond substituents is 2. The van der Waals surface area contributed by atoms with Gasteiger partial charge >= 0.3 is 0 Å². The number of ketones is 1. The highest BCUT2D eigenvalue weighted by molar-refractivity contribution is 6.33. The third-order valence-corrected chi connectivity index (χ3v) is 3.79. The summed E-state index contributed by atoms with van der Waals surface area (Å²) >= 11 is 6.12. The number of phenols is 2. The number of benzene rings is 2. The van der Waals surface area contributed by atoms with Crippen LogP contribution in [0.3, 0.4) is 0 Å². The minimum Gasteiger partial charge on any atom is -0.508 e. The van der Waals surface area contributed by atoms with Crippen molar-refractivity contribution in [3.05, 3.63) is 63.7 Å². The first-order valence-corrected chi connectivity index (χ1v) is 6.78. The zero-order valence-electron chi connectivity index (χ0n) is 11.7. The van der Waals surface area contributed by atoms with Crippen LogP contribution in [0.2, 0.25) is 5.02 Å². The van der Waals surface area contributed by atoms with E-state index in [-0.39, 0.29) is 22.8 Å². The number of hydrogen-bond acceptors (Lipinski definition) is 3. The molecular weight excluding hydrogens is 288 g/mol. The fourth-order valence-corrected chi connectivity index (χ4v) is 2.28. The first-order valence-electron chi connectivity index (χ1n) is 6.40. The normalized spacial score (nSPS) is 11.0. The number of carbonyl (C=O) groups excluding carboxylic acids is 1. The Hall–Kier alpha value is -2.26. The Bertz CT molecular complexity index is 733. The number of halogens is 1. The van der Waals surface area contributed by atoms with Crippen molar-refractivity contribution in [1.29, 1.82) is 0 Å². The van der Waals surface area contributed by atoms with Crippen LogP contribution in [0.1, 0.15) is 27.0 Å². The van der Waals surface area contributed by atoms with Crippen LogP contribution in [0.4, 0.5) is 0 Å². The number of aryl methyl sites for hydroxylation is 1. The Labute approximate surface area is 128 Å². The molecule has 108 valence electrons. The molecule has 0 aliphatic rings. The SMILES string of the molecule is Cc1cc(O)c(C(=O)/C=C/c2cccc(O)c2)c(C)c1Cl. The van der Waals surface area contributed by atoms with Gasteiger partial charge in [0.1, 0.15) is 11.5 Å². The first kappa shape index (κ1) is 15.1. The number of hydrogen-bond donors (Lipinski definition) is 2. The lowest BCUT2D eigenvalue weighted by Crippen LogP contribution is -2.00. The molecule has 0 fully saturated rings. The zero-order chi connectivity index (χ0) is 15.6. The van der Waals surface area contributed by atoms with Gasteiger partial charge in [-0.3, -0.25) is 4.79 Å². The molecule has 0 bridgehead atoms. The standard InChI is InChI=1S/C17H15ClO3/c1-10-8-15(21)16(11(2)17(10)18)14(20)7-6-12-4-3-5-13(19)9-12/h3-9,19,21H,1-2H3/b7-6+. The third-order valence-electron chi connectivity index (χ3n) is 3.20. The minimum atomic E-state index is -0.338. The summed E-state index contributed by atoms with van der Waals surface area (Å²) in [5, 5.41) is 19.8. The molecule has 2 aromatic carbocycles. The average Bonchev–Trinajstić information content (AvgIpc) is 2.43. The molecule has 2 N–H and O–H groups in total. The van der Waals surface area contributed by atoms with Crippen molar-refractivity contribution in [3.8, 4) is 11.5 Å². The van der Waals surface area contributed by atoms with Gasteiger partial charge in [-0.2, -0.15) is 0 Å². The van der Waals surface area contributed by atoms with Gasteiger partial charge in [-0.05, 0) is 54.8 Å². The molecule has 2 rings (SSSR count). The van der Waals surface area contributed by atoms with Crippen LogP contribution in [0, 0.1) is 13.8 Å². The zero-order valence-corrected chi connectivity index (χ0v) is 12.5. The van der Waals surface area contributed by atoms with Crippen molar-refractivity contribution in [2.45, 2.75) is 13.8 Å². The average molecular weight is 303 g/mol. The van der Waals surface area contributed by atoms with E-state index in [1.165, 1.54) is 12.1 Å². The summed E-state index contributed by atoms with van der Waals surface area (Å²) in [4.78, 5) is 12.2. The number of carbonyl (C=O) groups is 1. The summed E-state index contributed by atoms with van der Waals surface area (Å²) in [6.45, 7) is 3.47. The van der Waals surface area contributed by atoms with Gasteiger partial charge in [0.25, 0.3) is 0 Å². The Morgan fingerprint density at radius 3 is 2.57 bits per heavy atom. The third kappa shape index (κ3) is 3.26. The smallest absolute Gasteiger partial charge is 0.189 e. The summed E-state index contributed by atoms with van der Waals surface area (Å²) < 4.78 is 0. The summed E-state index contributed by atoms with van der Waals surface area (Å²) in [5.74, 6) is -0.294. The molecule has 21 heavy (non-hydrogen) atoms. The predicted molar refractivity (Wildman–Crippen MR) is 84.1 cm³/mol. The Balaban J connectivity index is 2.35. The van der Waals surface area contributed by atoms with Crippen LogP contribution in [0.5, 0.6) is 11.5 Å². The van der Waals surface area contributed by atoms with Crippen molar-refractivity contribution in [2.24, 2.45) is 0 Å². The highest BCUT2D eigenvalue weighted by atomic mass is 35.5. The molecule has 3 nitrogen and oxygen atoms in total. The fourth-order valence-electron chi connectivity index (χ4n) is 2.13. The van der Waals surface area contributed by atoms with Gasteiger partial charge in [-0.1, -0.05) is 29.8 Å². The highest BCUT2D eigenvalue weighted by Gasteiger charge is 2.16. The summed E-state index contributed by atoms with van der Waals surface area (Å²) in [5.41, 5.74) is 2.17. The molecule has 4 heteroatoms. The van der Waals surface area contributed by atoms with Gasteiger partial charge in [0.15, 0.2) is 5.78 Å². The predicted octanol–water partition coefficient (Wildman–Crippen LogP) is 4.26. The van der Waals surface area contributed by atoms with Crippen LogP contribution < -0.4 is 0 Å². The molecule has 0 amide bonds. The molecule has 0 atom stereocenters. The summed E-state index contributed by atoms with van der Waals surface area (Å²) in [6.07, 6.45) is 2.93. The maximum Gasteiger partial charge on any atom is 0.189 e. The van der Waals surface area contributed by atoms with Crippen molar-refractivity contribution in [2.75, 3.05) is 0 Å². The monoisotopic (exact) mass is 302 g/mol. The molecule has 0 unspecified atom stereocenters. The van der Waals surface area contributed by atoms with E-state index in [0.717, 1.165) is 5.56 Å². The van der Waals surface area contributed by atoms with Crippen molar-refractivity contribution in [1.82, 2.24) is 0 Å². The lowest BCUT2D eigenvalue weighted by molar-refractivity contribution is 0.104. The van der Waals surface area contributed by atoms with Crippen LogP contribution in [-0.4, -0.2) is 16.0 Å². The van der Waals surface area contributed by atoms with E-state index >= 15 is 0 Å². The molecule has 0 radical (unpaired) electrons. The molecule has 0 aromatic heterocycles. The molecule has 0 aliphatic carbocycles. The minimum absolute atomic E-state index is 0.0834. The van der Waals surface area contributed by atoms with E-state index in [2.05, 4.69) is 0 Å². The Morgan fingerprint density at radius 2 is 1.90 bits per heavy atom. The highest BCUT2D eigenvalue weighted by Crippen LogP contribution is 2.31. The molecular formula is C17H15ClO3. The van der Waals surface area contributed by atoms with Crippen LogP contribution in [0.25, 0.3) is 6.08 Å². The maximum absolute atomic E-state index is 12.2. The van der Waals surface area contributed by atoms with Gasteiger partial charge in [0.2, 0.25) is 0 Å². The Kier molecular flexibility index (Phi) is 4.34. The number of allylic oxidation sites excluding steroid dienone is 1. The second kappa shape index (κ2) is 6.02. The second-order valence-corrected chi connectivity index (χ2v) is 5.20. The molecule has 2 aromatic rings. The van der Waals surface area contributed by atoms with E-state index in [4.69, 9.17) is 11.6 Å². The Morgan fingerprint density at radius 1 is 1.19 bits per heavy atom. The van der Waals surface area contributed by atoms with Gasteiger partial charge in [0.05, 0.1) is 5.56 Å². The largest absolute Gasteiger partial charge is 0.508 e. The van der Waals surface area contributed by atoms with E-state index in [9.17, 15) is 15.0 Å². The number of aromatic hydroxyl groups is 2. The van der Waals surface area contributed by atoms with Crippen molar-refractivity contribution >= 4 is 23.5 Å². The van der Waals surface area contributed by atoms with Crippen LogP contribution in [0.15, 0.2) is 36.4 Å². The van der Waals surface area contributed by atoms with Gasteiger partial charge < -0.3 is 10.2 Å². The molecule has 0 saturated heterocycles.